The number of sulfone groups is 1. The molecular formula is C28H29N3O4S. The fourth-order valence-electron chi connectivity index (χ4n) is 4.59. The molecule has 0 fully saturated rings. The molecule has 0 saturated heterocycles. The fourth-order valence-corrected chi connectivity index (χ4v) is 6.03. The summed E-state index contributed by atoms with van der Waals surface area (Å²) in [7, 11) is -3.79. The van der Waals surface area contributed by atoms with Gasteiger partial charge in [0.1, 0.15) is 11.9 Å². The third-order valence-electron chi connectivity index (χ3n) is 6.62. The molecule has 1 heterocycles. The standard InChI is InChI=1S/C28H29N3O4S/c29-21-9-5-19(6-10-21)25(32)17-31-16-22-11-7-20-15-23(12-13-26(20)35-22)36(33,34)27-14-8-18-3-1-2-4-24(18)28(27)30/h1-6,8-10,12-15,22,25,31-32H,7,11,16-17,29-30H2. The summed E-state index contributed by atoms with van der Waals surface area (Å²) in [5.74, 6) is 0.678. The molecule has 0 aliphatic carbocycles. The molecule has 0 amide bonds. The number of anilines is 2. The molecule has 0 aromatic heterocycles. The summed E-state index contributed by atoms with van der Waals surface area (Å²) in [6, 6.07) is 23.0. The van der Waals surface area contributed by atoms with Crippen LogP contribution in [0.3, 0.4) is 0 Å². The molecule has 7 nitrogen and oxygen atoms in total. The Bertz CT molecular complexity index is 1500. The highest BCUT2D eigenvalue weighted by atomic mass is 32.2. The second kappa shape index (κ2) is 9.81. The van der Waals surface area contributed by atoms with E-state index < -0.39 is 15.9 Å². The number of hydrogen-bond donors (Lipinski definition) is 4. The molecule has 4 aromatic rings. The number of aliphatic hydroxyl groups is 1. The Morgan fingerprint density at radius 2 is 1.78 bits per heavy atom. The quantitative estimate of drug-likeness (QED) is 0.282. The SMILES string of the molecule is Nc1ccc(C(O)CNCC2CCc3cc(S(=O)(=O)c4ccc5ccccc5c4N)ccc3O2)cc1. The van der Waals surface area contributed by atoms with Crippen LogP contribution < -0.4 is 21.5 Å². The average molecular weight is 504 g/mol. The maximum absolute atomic E-state index is 13.4. The molecule has 36 heavy (non-hydrogen) atoms. The summed E-state index contributed by atoms with van der Waals surface area (Å²) >= 11 is 0. The molecule has 2 unspecified atom stereocenters. The van der Waals surface area contributed by atoms with Crippen LogP contribution >= 0.6 is 0 Å². The maximum Gasteiger partial charge on any atom is 0.208 e. The van der Waals surface area contributed by atoms with Gasteiger partial charge in [-0.05, 0) is 65.8 Å². The van der Waals surface area contributed by atoms with Gasteiger partial charge in [0.2, 0.25) is 9.84 Å². The first-order chi connectivity index (χ1) is 17.3. The first-order valence-electron chi connectivity index (χ1n) is 11.9. The van der Waals surface area contributed by atoms with E-state index in [1.165, 1.54) is 0 Å². The molecule has 1 aliphatic rings. The van der Waals surface area contributed by atoms with Crippen LogP contribution in [0.5, 0.6) is 5.75 Å². The highest BCUT2D eigenvalue weighted by molar-refractivity contribution is 7.91. The average Bonchev–Trinajstić information content (AvgIpc) is 2.89. The van der Waals surface area contributed by atoms with Crippen molar-refractivity contribution >= 4 is 32.0 Å². The minimum Gasteiger partial charge on any atom is -0.489 e. The Morgan fingerprint density at radius 1 is 1.00 bits per heavy atom. The van der Waals surface area contributed by atoms with Crippen molar-refractivity contribution in [2.24, 2.45) is 0 Å². The number of aryl methyl sites for hydroxylation is 1. The molecule has 0 saturated carbocycles. The number of fused-ring (bicyclic) bond motifs is 2. The Morgan fingerprint density at radius 3 is 2.58 bits per heavy atom. The van der Waals surface area contributed by atoms with Crippen molar-refractivity contribution in [3.63, 3.8) is 0 Å². The molecule has 6 N–H and O–H groups in total. The maximum atomic E-state index is 13.4. The Balaban J connectivity index is 1.26. The summed E-state index contributed by atoms with van der Waals surface area (Å²) in [5.41, 5.74) is 14.5. The van der Waals surface area contributed by atoms with E-state index in [9.17, 15) is 13.5 Å². The van der Waals surface area contributed by atoms with Gasteiger partial charge in [0, 0.05) is 24.2 Å². The molecule has 4 aromatic carbocycles. The van der Waals surface area contributed by atoms with Gasteiger partial charge in [-0.2, -0.15) is 0 Å². The van der Waals surface area contributed by atoms with Crippen molar-refractivity contribution in [3.05, 3.63) is 90.0 Å². The lowest BCUT2D eigenvalue weighted by Gasteiger charge is -2.27. The summed E-state index contributed by atoms with van der Waals surface area (Å²) in [6.45, 7) is 0.958. The van der Waals surface area contributed by atoms with Crippen molar-refractivity contribution in [1.82, 2.24) is 5.32 Å². The third kappa shape index (κ3) is 4.75. The monoisotopic (exact) mass is 503 g/mol. The van der Waals surface area contributed by atoms with Crippen molar-refractivity contribution in [3.8, 4) is 5.75 Å². The van der Waals surface area contributed by atoms with Gasteiger partial charge in [0.25, 0.3) is 0 Å². The minimum atomic E-state index is -3.79. The molecule has 5 rings (SSSR count). The largest absolute Gasteiger partial charge is 0.489 e. The number of nitrogens with two attached hydrogens (primary N) is 2. The smallest absolute Gasteiger partial charge is 0.208 e. The van der Waals surface area contributed by atoms with Gasteiger partial charge in [0.05, 0.1) is 21.6 Å². The van der Waals surface area contributed by atoms with Crippen LogP contribution in [0.25, 0.3) is 10.8 Å². The van der Waals surface area contributed by atoms with E-state index >= 15 is 0 Å². The normalized spacial score (nSPS) is 16.3. The van der Waals surface area contributed by atoms with E-state index in [1.54, 1.807) is 42.5 Å². The number of nitrogens with one attached hydrogen (secondary N) is 1. The Labute approximate surface area is 210 Å². The second-order valence-electron chi connectivity index (χ2n) is 9.09. The van der Waals surface area contributed by atoms with Crippen LogP contribution in [0.2, 0.25) is 0 Å². The molecular weight excluding hydrogens is 474 g/mol. The Kier molecular flexibility index (Phi) is 6.57. The topological polar surface area (TPSA) is 128 Å². The van der Waals surface area contributed by atoms with Crippen molar-refractivity contribution in [2.45, 2.75) is 34.8 Å². The number of ether oxygens (including phenoxy) is 1. The number of rotatable bonds is 7. The highest BCUT2D eigenvalue weighted by Gasteiger charge is 2.26. The lowest BCUT2D eigenvalue weighted by Crippen LogP contribution is -2.36. The third-order valence-corrected chi connectivity index (χ3v) is 8.43. The number of nitrogen functional groups attached to an aromatic ring is 2. The van der Waals surface area contributed by atoms with Crippen LogP contribution in [0.15, 0.2) is 88.7 Å². The summed E-state index contributed by atoms with van der Waals surface area (Å²) in [4.78, 5) is 0.314. The lowest BCUT2D eigenvalue weighted by molar-refractivity contribution is 0.146. The summed E-state index contributed by atoms with van der Waals surface area (Å²) in [5, 5.41) is 15.2. The molecule has 186 valence electrons. The minimum absolute atomic E-state index is 0.0743. The van der Waals surface area contributed by atoms with Crippen LogP contribution in [-0.2, 0) is 16.3 Å². The Hall–Kier alpha value is -3.59. The van der Waals surface area contributed by atoms with Gasteiger partial charge in [-0.1, -0.05) is 42.5 Å². The fraction of sp³-hybridized carbons (Fsp3) is 0.214. The lowest BCUT2D eigenvalue weighted by atomic mass is 10.0. The highest BCUT2D eigenvalue weighted by Crippen LogP contribution is 2.35. The molecule has 1 aliphatic heterocycles. The number of aliphatic hydroxyl groups excluding tert-OH is 1. The zero-order valence-electron chi connectivity index (χ0n) is 19.7. The van der Waals surface area contributed by atoms with Gasteiger partial charge in [-0.3, -0.25) is 0 Å². The van der Waals surface area contributed by atoms with Crippen LogP contribution in [0.1, 0.15) is 23.7 Å². The van der Waals surface area contributed by atoms with Crippen molar-refractivity contribution in [1.29, 1.82) is 0 Å². The van der Waals surface area contributed by atoms with Crippen LogP contribution in [0, 0.1) is 0 Å². The van der Waals surface area contributed by atoms with E-state index in [-0.39, 0.29) is 21.6 Å². The molecule has 0 radical (unpaired) electrons. The van der Waals surface area contributed by atoms with Crippen molar-refractivity contribution < 1.29 is 18.3 Å². The molecule has 8 heteroatoms. The molecule has 0 spiro atoms. The molecule has 0 bridgehead atoms. The number of hydrogen-bond acceptors (Lipinski definition) is 7. The zero-order valence-corrected chi connectivity index (χ0v) is 20.5. The van der Waals surface area contributed by atoms with E-state index in [2.05, 4.69) is 5.32 Å². The van der Waals surface area contributed by atoms with E-state index in [0.717, 1.165) is 28.3 Å². The van der Waals surface area contributed by atoms with Gasteiger partial charge in [-0.25, -0.2) is 8.42 Å². The first-order valence-corrected chi connectivity index (χ1v) is 13.4. The van der Waals surface area contributed by atoms with E-state index in [0.29, 0.717) is 30.9 Å². The van der Waals surface area contributed by atoms with Gasteiger partial charge >= 0.3 is 0 Å². The number of benzene rings is 4. The predicted octanol–water partition coefficient (Wildman–Crippen LogP) is 3.85. The van der Waals surface area contributed by atoms with Gasteiger partial charge < -0.3 is 26.6 Å². The van der Waals surface area contributed by atoms with E-state index in [1.807, 2.05) is 36.4 Å². The zero-order chi connectivity index (χ0) is 25.3. The summed E-state index contributed by atoms with van der Waals surface area (Å²) in [6.07, 6.45) is 0.713. The van der Waals surface area contributed by atoms with Crippen LogP contribution in [-0.4, -0.2) is 32.7 Å². The summed E-state index contributed by atoms with van der Waals surface area (Å²) < 4.78 is 33.0. The van der Waals surface area contributed by atoms with Crippen LogP contribution in [0.4, 0.5) is 11.4 Å². The van der Waals surface area contributed by atoms with E-state index in [4.69, 9.17) is 16.2 Å². The second-order valence-corrected chi connectivity index (χ2v) is 11.0. The first kappa shape index (κ1) is 24.1. The predicted molar refractivity (Wildman–Crippen MR) is 142 cm³/mol. The van der Waals surface area contributed by atoms with Crippen molar-refractivity contribution in [2.75, 3.05) is 24.6 Å². The van der Waals surface area contributed by atoms with Gasteiger partial charge in [-0.15, -0.1) is 0 Å². The van der Waals surface area contributed by atoms with Gasteiger partial charge in [0.15, 0.2) is 0 Å². The molecule has 2 atom stereocenters.